The molecule has 8 heteroatoms. The van der Waals surface area contributed by atoms with Gasteiger partial charge in [0, 0.05) is 12.6 Å². The van der Waals surface area contributed by atoms with E-state index in [0.29, 0.717) is 19.8 Å². The molecule has 2 aliphatic rings. The average Bonchev–Trinajstić information content (AvgIpc) is 3.47. The van der Waals surface area contributed by atoms with Gasteiger partial charge in [-0.2, -0.15) is 0 Å². The van der Waals surface area contributed by atoms with E-state index >= 15 is 0 Å². The Bertz CT molecular complexity index is 651. The Hall–Kier alpha value is -2.45. The third-order valence-corrected chi connectivity index (χ3v) is 3.78. The first kappa shape index (κ1) is 15.1. The highest BCUT2D eigenvalue weighted by molar-refractivity contribution is 5.36. The van der Waals surface area contributed by atoms with Crippen molar-refractivity contribution >= 4 is 5.82 Å². The van der Waals surface area contributed by atoms with E-state index < -0.39 is 0 Å². The molecular weight excluding hydrogens is 312 g/mol. The number of epoxide rings is 1. The predicted octanol–water partition coefficient (Wildman–Crippen LogP) is 0.891. The second-order valence-corrected chi connectivity index (χ2v) is 5.58. The maximum Gasteiger partial charge on any atom is 0.217 e. The summed E-state index contributed by atoms with van der Waals surface area (Å²) in [7, 11) is 0. The largest absolute Gasteiger partial charge is 0.491 e. The van der Waals surface area contributed by atoms with Gasteiger partial charge in [0.2, 0.25) is 6.29 Å². The van der Waals surface area contributed by atoms with Crippen LogP contribution < -0.4 is 14.4 Å². The van der Waals surface area contributed by atoms with Crippen LogP contribution in [0.15, 0.2) is 36.5 Å². The van der Waals surface area contributed by atoms with Crippen LogP contribution in [0.5, 0.6) is 11.5 Å². The molecule has 2 fully saturated rings. The van der Waals surface area contributed by atoms with Crippen LogP contribution >= 0.6 is 0 Å². The molecular formula is C16H18N4O4. The highest BCUT2D eigenvalue weighted by atomic mass is 16.7. The minimum atomic E-state index is -0.361. The van der Waals surface area contributed by atoms with Gasteiger partial charge >= 0.3 is 0 Å². The number of benzene rings is 1. The van der Waals surface area contributed by atoms with Gasteiger partial charge in [-0.05, 0) is 29.5 Å². The average molecular weight is 330 g/mol. The molecule has 2 aromatic rings. The topological polar surface area (TPSA) is 82.1 Å². The van der Waals surface area contributed by atoms with Crippen molar-refractivity contribution in [2.75, 3.05) is 37.8 Å². The van der Waals surface area contributed by atoms with E-state index in [0.717, 1.165) is 30.5 Å². The maximum atomic E-state index is 5.89. The van der Waals surface area contributed by atoms with Gasteiger partial charge in [0.15, 0.2) is 5.82 Å². The Kier molecular flexibility index (Phi) is 4.39. The molecule has 0 bridgehead atoms. The number of ether oxygens (including phenoxy) is 4. The molecule has 1 aromatic carbocycles. The Morgan fingerprint density at radius 1 is 1.12 bits per heavy atom. The van der Waals surface area contributed by atoms with Crippen LogP contribution in [0.4, 0.5) is 5.82 Å². The number of nitrogens with zero attached hydrogens (tertiary/aromatic N) is 4. The van der Waals surface area contributed by atoms with Gasteiger partial charge < -0.3 is 23.8 Å². The van der Waals surface area contributed by atoms with Gasteiger partial charge in [-0.25, -0.2) is 0 Å². The van der Waals surface area contributed by atoms with Crippen molar-refractivity contribution in [1.29, 1.82) is 0 Å². The van der Waals surface area contributed by atoms with Gasteiger partial charge in [0.25, 0.3) is 0 Å². The second-order valence-electron chi connectivity index (χ2n) is 5.58. The van der Waals surface area contributed by atoms with E-state index in [9.17, 15) is 0 Å². The van der Waals surface area contributed by atoms with Gasteiger partial charge in [-0.15, -0.1) is 10.2 Å². The van der Waals surface area contributed by atoms with Crippen molar-refractivity contribution in [1.82, 2.24) is 15.4 Å². The van der Waals surface area contributed by atoms with E-state index in [1.165, 1.54) is 0 Å². The van der Waals surface area contributed by atoms with Crippen molar-refractivity contribution in [2.45, 2.75) is 12.4 Å². The molecule has 8 nitrogen and oxygen atoms in total. The van der Waals surface area contributed by atoms with Crippen LogP contribution in [-0.2, 0) is 9.47 Å². The molecule has 0 N–H and O–H groups in total. The number of morpholine rings is 1. The zero-order chi connectivity index (χ0) is 16.2. The van der Waals surface area contributed by atoms with E-state index in [4.69, 9.17) is 18.9 Å². The molecule has 2 saturated heterocycles. The van der Waals surface area contributed by atoms with Crippen LogP contribution in [-0.4, -0.2) is 60.7 Å². The summed E-state index contributed by atoms with van der Waals surface area (Å²) < 4.78 is 22.3. The van der Waals surface area contributed by atoms with Crippen molar-refractivity contribution in [3.8, 4) is 11.5 Å². The molecule has 1 aromatic heterocycles. The molecule has 24 heavy (non-hydrogen) atoms. The lowest BCUT2D eigenvalue weighted by atomic mass is 10.3. The van der Waals surface area contributed by atoms with Crippen LogP contribution in [0.1, 0.15) is 0 Å². The third kappa shape index (κ3) is 3.90. The second kappa shape index (κ2) is 6.98. The summed E-state index contributed by atoms with van der Waals surface area (Å²) in [5.74, 6) is 2.31. The van der Waals surface area contributed by atoms with Gasteiger partial charge in [-0.3, -0.25) is 0 Å². The Morgan fingerprint density at radius 3 is 2.71 bits per heavy atom. The fraction of sp³-hybridized carbons (Fsp3) is 0.438. The van der Waals surface area contributed by atoms with Crippen LogP contribution in [0, 0.1) is 0 Å². The quantitative estimate of drug-likeness (QED) is 0.722. The molecule has 3 heterocycles. The summed E-state index contributed by atoms with van der Waals surface area (Å²) >= 11 is 0. The van der Waals surface area contributed by atoms with Crippen LogP contribution in [0.25, 0.3) is 0 Å². The molecule has 0 spiro atoms. The molecule has 2 atom stereocenters. The number of anilines is 1. The van der Waals surface area contributed by atoms with E-state index in [-0.39, 0.29) is 12.4 Å². The highest BCUT2D eigenvalue weighted by Crippen LogP contribution is 2.22. The first-order valence-electron chi connectivity index (χ1n) is 7.89. The lowest BCUT2D eigenvalue weighted by Gasteiger charge is -2.33. The smallest absolute Gasteiger partial charge is 0.217 e. The maximum absolute atomic E-state index is 5.89. The van der Waals surface area contributed by atoms with Crippen molar-refractivity contribution < 1.29 is 18.9 Å². The Balaban J connectivity index is 1.32. The molecule has 126 valence electrons. The van der Waals surface area contributed by atoms with E-state index in [1.807, 2.05) is 30.3 Å². The normalized spacial score (nSPS) is 22.9. The SMILES string of the molecule is c1cc(N2CCOC(Oc3ccc(OCC4CO4)cc3)C2)nnn1. The van der Waals surface area contributed by atoms with Gasteiger partial charge in [-0.1, -0.05) is 0 Å². The molecule has 2 aliphatic heterocycles. The number of hydrogen-bond donors (Lipinski definition) is 0. The standard InChI is InChI=1S/C16H18N4O4/c1-3-13(4-2-12(1)22-10-14-11-23-14)24-16-9-20(7-8-21-16)15-5-6-17-19-18-15/h1-6,14,16H,7-11H2. The molecule has 0 aliphatic carbocycles. The summed E-state index contributed by atoms with van der Waals surface area (Å²) in [4.78, 5) is 2.07. The first-order valence-corrected chi connectivity index (χ1v) is 7.89. The van der Waals surface area contributed by atoms with Crippen LogP contribution in [0.2, 0.25) is 0 Å². The number of hydrogen-bond acceptors (Lipinski definition) is 8. The predicted molar refractivity (Wildman–Crippen MR) is 84.1 cm³/mol. The number of rotatable bonds is 6. The molecule has 0 saturated carbocycles. The summed E-state index contributed by atoms with van der Waals surface area (Å²) in [6, 6.07) is 9.33. The minimum Gasteiger partial charge on any atom is -0.491 e. The summed E-state index contributed by atoms with van der Waals surface area (Å²) in [5.41, 5.74) is 0. The third-order valence-electron chi connectivity index (χ3n) is 3.78. The Morgan fingerprint density at radius 2 is 1.96 bits per heavy atom. The summed E-state index contributed by atoms with van der Waals surface area (Å²) in [6.07, 6.45) is 1.51. The zero-order valence-electron chi connectivity index (χ0n) is 13.1. The lowest BCUT2D eigenvalue weighted by Crippen LogP contribution is -2.45. The zero-order valence-corrected chi connectivity index (χ0v) is 13.1. The van der Waals surface area contributed by atoms with Crippen molar-refractivity contribution in [3.63, 3.8) is 0 Å². The van der Waals surface area contributed by atoms with Crippen molar-refractivity contribution in [3.05, 3.63) is 36.5 Å². The summed E-state index contributed by atoms with van der Waals surface area (Å²) in [5, 5.41) is 11.4. The van der Waals surface area contributed by atoms with E-state index in [2.05, 4.69) is 20.3 Å². The molecule has 0 radical (unpaired) electrons. The number of aromatic nitrogens is 3. The molecule has 4 rings (SSSR count). The fourth-order valence-corrected chi connectivity index (χ4v) is 2.42. The van der Waals surface area contributed by atoms with E-state index in [1.54, 1.807) is 6.20 Å². The van der Waals surface area contributed by atoms with Gasteiger partial charge in [0.05, 0.1) is 26.0 Å². The van der Waals surface area contributed by atoms with Crippen molar-refractivity contribution in [2.24, 2.45) is 0 Å². The fourth-order valence-electron chi connectivity index (χ4n) is 2.42. The Labute approximate surface area is 139 Å². The highest BCUT2D eigenvalue weighted by Gasteiger charge is 2.24. The molecule has 0 amide bonds. The monoisotopic (exact) mass is 330 g/mol. The van der Waals surface area contributed by atoms with Gasteiger partial charge in [0.1, 0.15) is 24.2 Å². The minimum absolute atomic E-state index is 0.249. The molecule has 2 unspecified atom stereocenters. The summed E-state index contributed by atoms with van der Waals surface area (Å²) in [6.45, 7) is 3.27. The van der Waals surface area contributed by atoms with Crippen LogP contribution in [0.3, 0.4) is 0 Å². The first-order chi connectivity index (χ1) is 11.9. The lowest BCUT2D eigenvalue weighted by molar-refractivity contribution is -0.0865.